The molecule has 3 N–H and O–H groups in total. The normalized spacial score (nSPS) is 12.0. The van der Waals surface area contributed by atoms with E-state index >= 15 is 0 Å². The van der Waals surface area contributed by atoms with Crippen molar-refractivity contribution in [2.45, 2.75) is 24.3 Å². The van der Waals surface area contributed by atoms with Gasteiger partial charge in [0.25, 0.3) is 10.1 Å². The maximum atomic E-state index is 13.2. The maximum absolute atomic E-state index is 13.2. The van der Waals surface area contributed by atoms with Crippen molar-refractivity contribution >= 4 is 172 Å². The average Bonchev–Trinajstić information content (AvgIpc) is 2.49. The van der Waals surface area contributed by atoms with Crippen LogP contribution in [0.3, 0.4) is 0 Å². The largest absolute Gasteiger partial charge is 0.457 e. The Hall–Kier alpha value is 3.14. The van der Waals surface area contributed by atoms with Gasteiger partial charge in [-0.2, -0.15) is 8.42 Å². The molecule has 7 nitrogen and oxygen atoms in total. The fourth-order valence-electron chi connectivity index (χ4n) is 2.40. The number of rotatable bonds is 8. The SMILES string of the molecule is O=P(O)(O)C(CCCc1cccc(Oc2cccc(F)c2)c1)S(=O)(=O)O.[K].[K].[K]. The van der Waals surface area contributed by atoms with E-state index < -0.39 is 34.9 Å². The van der Waals surface area contributed by atoms with E-state index in [1.807, 2.05) is 0 Å². The van der Waals surface area contributed by atoms with Crippen molar-refractivity contribution in [3.05, 3.63) is 59.9 Å². The van der Waals surface area contributed by atoms with Crippen LogP contribution in [0.2, 0.25) is 0 Å². The minimum absolute atomic E-state index is 0. The maximum Gasteiger partial charge on any atom is 0.346 e. The summed E-state index contributed by atoms with van der Waals surface area (Å²) in [6.45, 7) is 0. The number of benzene rings is 2. The minimum atomic E-state index is -4.98. The number of hydrogen-bond acceptors (Lipinski definition) is 4. The van der Waals surface area contributed by atoms with Gasteiger partial charge in [-0.1, -0.05) is 18.2 Å². The van der Waals surface area contributed by atoms with Crippen LogP contribution in [0.1, 0.15) is 18.4 Å². The Kier molecular flexibility index (Phi) is 18.8. The van der Waals surface area contributed by atoms with Gasteiger partial charge in [-0.15, -0.1) is 0 Å². The van der Waals surface area contributed by atoms with Crippen LogP contribution in [0.25, 0.3) is 0 Å². The third-order valence-corrected chi connectivity index (χ3v) is 7.12. The molecule has 0 aliphatic carbocycles. The summed E-state index contributed by atoms with van der Waals surface area (Å²) in [6, 6.07) is 12.3. The van der Waals surface area contributed by atoms with Gasteiger partial charge in [0.05, 0.1) is 0 Å². The molecule has 0 aromatic heterocycles. The Balaban J connectivity index is 0. The van der Waals surface area contributed by atoms with Crippen molar-refractivity contribution in [2.75, 3.05) is 0 Å². The molecule has 2 aromatic rings. The zero-order valence-electron chi connectivity index (χ0n) is 16.5. The zero-order valence-corrected chi connectivity index (χ0v) is 27.6. The van der Waals surface area contributed by atoms with E-state index in [0.717, 1.165) is 5.56 Å². The molecule has 2 rings (SSSR count). The molecule has 145 valence electrons. The summed E-state index contributed by atoms with van der Waals surface area (Å²) in [4.78, 5) is 16.0. The summed E-state index contributed by atoms with van der Waals surface area (Å²) in [5.41, 5.74) is 0.735. The fraction of sp³-hybridized carbons (Fsp3) is 0.250. The van der Waals surface area contributed by atoms with E-state index in [1.165, 1.54) is 18.2 Å². The molecule has 1 atom stereocenters. The number of hydrogen-bond donors (Lipinski definition) is 3. The van der Waals surface area contributed by atoms with Crippen molar-refractivity contribution in [1.29, 1.82) is 0 Å². The quantitative estimate of drug-likeness (QED) is 0.277. The van der Waals surface area contributed by atoms with Gasteiger partial charge in [0.15, 0.2) is 4.99 Å². The second-order valence-electron chi connectivity index (χ2n) is 5.66. The van der Waals surface area contributed by atoms with E-state index in [1.54, 1.807) is 30.3 Å². The zero-order chi connectivity index (χ0) is 19.4. The first-order valence-electron chi connectivity index (χ1n) is 7.59. The summed E-state index contributed by atoms with van der Waals surface area (Å²) in [6.07, 6.45) is 0.0451. The fourth-order valence-corrected chi connectivity index (χ4v) is 4.77. The van der Waals surface area contributed by atoms with Crippen molar-refractivity contribution in [3.63, 3.8) is 0 Å². The van der Waals surface area contributed by atoms with E-state index in [2.05, 4.69) is 0 Å². The van der Waals surface area contributed by atoms with Crippen LogP contribution in [0.5, 0.6) is 11.5 Å². The first-order valence-corrected chi connectivity index (χ1v) is 10.8. The molecular weight excluding hydrogens is 504 g/mol. The van der Waals surface area contributed by atoms with E-state index in [4.69, 9.17) is 19.1 Å². The monoisotopic (exact) mass is 521 g/mol. The van der Waals surface area contributed by atoms with Gasteiger partial charge in [-0.25, -0.2) is 4.39 Å². The third-order valence-electron chi connectivity index (χ3n) is 3.57. The molecule has 0 amide bonds. The number of halogens is 1. The van der Waals surface area contributed by atoms with Crippen molar-refractivity contribution in [3.8, 4) is 11.5 Å². The molecule has 0 saturated heterocycles. The molecule has 13 heteroatoms. The Morgan fingerprint density at radius 2 is 1.55 bits per heavy atom. The predicted octanol–water partition coefficient (Wildman–Crippen LogP) is 2.19. The molecule has 0 bridgehead atoms. The molecule has 0 heterocycles. The van der Waals surface area contributed by atoms with Gasteiger partial charge in [-0.3, -0.25) is 9.12 Å². The molecule has 1 unspecified atom stereocenters. The van der Waals surface area contributed by atoms with Gasteiger partial charge in [-0.05, 0) is 49.1 Å². The van der Waals surface area contributed by atoms with Crippen molar-refractivity contribution in [1.82, 2.24) is 0 Å². The van der Waals surface area contributed by atoms with Gasteiger partial charge in [0, 0.05) is 160 Å². The van der Waals surface area contributed by atoms with Crippen LogP contribution in [-0.2, 0) is 21.1 Å². The van der Waals surface area contributed by atoms with E-state index in [-0.39, 0.29) is 161 Å². The Morgan fingerprint density at radius 3 is 2.07 bits per heavy atom. The number of aryl methyl sites for hydroxylation is 1. The molecule has 0 aliphatic rings. The molecule has 0 fully saturated rings. The van der Waals surface area contributed by atoms with E-state index in [0.29, 0.717) is 17.9 Å². The first-order chi connectivity index (χ1) is 12.1. The summed E-state index contributed by atoms with van der Waals surface area (Å²) < 4.78 is 61.1. The van der Waals surface area contributed by atoms with Crippen molar-refractivity contribution < 1.29 is 36.4 Å². The van der Waals surface area contributed by atoms with Crippen molar-refractivity contribution in [2.24, 2.45) is 0 Å². The molecule has 0 spiro atoms. The summed E-state index contributed by atoms with van der Waals surface area (Å²) in [5, 5.41) is 0. The summed E-state index contributed by atoms with van der Waals surface area (Å²) in [5.74, 6) is 0.317. The standard InChI is InChI=1S/C16H18FO7PS.3K/c17-13-6-3-8-15(11-13)24-14-7-1-4-12(10-14)5-2-9-16(25(18,19)20)26(21,22)23;;;/h1,3-4,6-8,10-11,16H,2,5,9H2,(H2,18,19,20)(H,21,22,23);;;. The van der Waals surface area contributed by atoms with Crippen LogP contribution < -0.4 is 4.74 Å². The topological polar surface area (TPSA) is 121 Å². The molecule has 29 heavy (non-hydrogen) atoms. The van der Waals surface area contributed by atoms with Gasteiger partial charge in [0.1, 0.15) is 17.3 Å². The van der Waals surface area contributed by atoms with Crippen LogP contribution in [0, 0.1) is 5.82 Å². The van der Waals surface area contributed by atoms with Gasteiger partial charge in [0.2, 0.25) is 0 Å². The van der Waals surface area contributed by atoms with Crippen LogP contribution in [-0.4, -0.2) is 182 Å². The average molecular weight is 522 g/mol. The summed E-state index contributed by atoms with van der Waals surface area (Å²) >= 11 is 0. The molecule has 3 radical (unpaired) electrons. The second-order valence-corrected chi connectivity index (χ2v) is 9.41. The second kappa shape index (κ2) is 15.9. The van der Waals surface area contributed by atoms with Crippen LogP contribution in [0.4, 0.5) is 4.39 Å². The molecule has 2 aromatic carbocycles. The molecule has 0 saturated carbocycles. The Labute approximate surface area is 297 Å². The Bertz CT molecular complexity index is 924. The van der Waals surface area contributed by atoms with Crippen LogP contribution >= 0.6 is 7.60 Å². The predicted molar refractivity (Wildman–Crippen MR) is 110 cm³/mol. The van der Waals surface area contributed by atoms with E-state index in [9.17, 15) is 17.4 Å². The molecular formula is C16H18FK3O7PS. The number of ether oxygens (including phenoxy) is 1. The Morgan fingerprint density at radius 1 is 1.00 bits per heavy atom. The van der Waals surface area contributed by atoms with Gasteiger partial charge >= 0.3 is 7.60 Å². The summed E-state index contributed by atoms with van der Waals surface area (Å²) in [7, 11) is -9.83. The van der Waals surface area contributed by atoms with Crippen LogP contribution in [0.15, 0.2) is 48.5 Å². The smallest absolute Gasteiger partial charge is 0.346 e. The first kappa shape index (κ1) is 34.3. The minimum Gasteiger partial charge on any atom is -0.457 e. The molecule has 0 aliphatic heterocycles. The van der Waals surface area contributed by atoms with Gasteiger partial charge < -0.3 is 14.5 Å². The third kappa shape index (κ3) is 13.0.